The summed E-state index contributed by atoms with van der Waals surface area (Å²) in [5.74, 6) is 5.67. The van der Waals surface area contributed by atoms with Crippen molar-refractivity contribution >= 4 is 50.3 Å². The van der Waals surface area contributed by atoms with Gasteiger partial charge in [0.2, 0.25) is 0 Å². The van der Waals surface area contributed by atoms with Crippen LogP contribution in [0.1, 0.15) is 0 Å². The molecule has 0 fully saturated rings. The lowest BCUT2D eigenvalue weighted by Gasteiger charge is -2.41. The number of fused-ring (bicyclic) bond motifs is 8. The summed E-state index contributed by atoms with van der Waals surface area (Å²) in [5, 5.41) is 0. The summed E-state index contributed by atoms with van der Waals surface area (Å²) in [7, 11) is -2.82. The summed E-state index contributed by atoms with van der Waals surface area (Å²) in [5.41, 5.74) is 19.9. The quantitative estimate of drug-likeness (QED) is 0.160. The van der Waals surface area contributed by atoms with Crippen molar-refractivity contribution in [2.24, 2.45) is 0 Å². The zero-order chi connectivity index (χ0) is 42.5. The highest BCUT2D eigenvalue weighted by Crippen LogP contribution is 2.56. The Morgan fingerprint density at radius 1 is 0.212 bits per heavy atom. The lowest BCUT2D eigenvalue weighted by atomic mass is 9.56. The molecule has 0 unspecified atom stereocenters. The summed E-state index contributed by atoms with van der Waals surface area (Å²) in [6.07, 6.45) is 0. The fraction of sp³-hybridized carbons (Fsp3) is 0. The van der Waals surface area contributed by atoms with Crippen molar-refractivity contribution in [1.82, 2.24) is 0 Å². The monoisotopic (exact) mass is 846 g/mol. The standard InChI is InChI=1S/C54H26B4O8/c1-3-11-27(12-4-1)29-19-43-47-45(21-29)65-57-53-37(24-35-31-15-7-9-17-39(31)59-55(63-43)51(35)49(47)53)33-23-34-38-25-36-32-16-8-10-18-40(32)60-56-52(36)50-48-44(64-56)20-30(28-13-5-2-6-14-28)22-46(48)66-58(54(38)50)62-42(34)26-41(33)61-57/h1-26H. The Hall–Kier alpha value is -8.36. The molecule has 9 aromatic rings. The van der Waals surface area contributed by atoms with Crippen molar-refractivity contribution < 1.29 is 37.2 Å². The van der Waals surface area contributed by atoms with E-state index in [1.54, 1.807) is 0 Å². The largest absolute Gasteiger partial charge is 0.633 e. The van der Waals surface area contributed by atoms with Crippen molar-refractivity contribution in [1.29, 1.82) is 0 Å². The lowest BCUT2D eigenvalue weighted by Crippen LogP contribution is -2.57. The van der Waals surface area contributed by atoms with Gasteiger partial charge in [-0.05, 0) is 110 Å². The van der Waals surface area contributed by atoms with E-state index >= 15 is 0 Å². The van der Waals surface area contributed by atoms with Crippen LogP contribution in [-0.4, -0.2) is 28.5 Å². The van der Waals surface area contributed by atoms with Crippen molar-refractivity contribution in [3.8, 4) is 135 Å². The molecule has 8 nitrogen and oxygen atoms in total. The van der Waals surface area contributed by atoms with Gasteiger partial charge in [-0.2, -0.15) is 0 Å². The summed E-state index contributed by atoms with van der Waals surface area (Å²) in [4.78, 5) is 0. The first kappa shape index (κ1) is 34.1. The van der Waals surface area contributed by atoms with Crippen molar-refractivity contribution in [3.63, 3.8) is 0 Å². The highest BCUT2D eigenvalue weighted by atomic mass is 16.6. The summed E-state index contributed by atoms with van der Waals surface area (Å²) >= 11 is 0. The van der Waals surface area contributed by atoms with Gasteiger partial charge < -0.3 is 37.2 Å². The highest BCUT2D eigenvalue weighted by molar-refractivity contribution is 6.76. The molecule has 0 saturated heterocycles. The fourth-order valence-corrected chi connectivity index (χ4v) is 11.7. The molecule has 12 heteroatoms. The normalized spacial score (nSPS) is 14.9. The fourth-order valence-electron chi connectivity index (χ4n) is 11.7. The number of para-hydroxylation sites is 2. The zero-order valence-electron chi connectivity index (χ0n) is 34.6. The highest BCUT2D eigenvalue weighted by Gasteiger charge is 2.54. The molecule has 0 spiro atoms. The van der Waals surface area contributed by atoms with Crippen molar-refractivity contribution in [2.75, 3.05) is 0 Å². The van der Waals surface area contributed by atoms with Crippen LogP contribution >= 0.6 is 0 Å². The Kier molecular flexibility index (Phi) is 6.12. The molecule has 8 aliphatic heterocycles. The first-order valence-corrected chi connectivity index (χ1v) is 22.3. The average molecular weight is 846 g/mol. The van der Waals surface area contributed by atoms with Gasteiger partial charge in [-0.3, -0.25) is 0 Å². The van der Waals surface area contributed by atoms with Crippen LogP contribution < -0.4 is 59.1 Å². The Morgan fingerprint density at radius 2 is 0.530 bits per heavy atom. The second-order valence-corrected chi connectivity index (χ2v) is 17.9. The molecule has 0 atom stereocenters. The van der Waals surface area contributed by atoms with Crippen LogP contribution in [-0.2, 0) is 0 Å². The molecule has 0 N–H and O–H groups in total. The Balaban J connectivity index is 0.920. The second kappa shape index (κ2) is 11.9. The third-order valence-electron chi connectivity index (χ3n) is 14.5. The van der Waals surface area contributed by atoms with Crippen LogP contribution in [0.2, 0.25) is 0 Å². The van der Waals surface area contributed by atoms with Crippen LogP contribution in [0.15, 0.2) is 158 Å². The van der Waals surface area contributed by atoms with E-state index in [9.17, 15) is 0 Å². The molecule has 8 heterocycles. The van der Waals surface area contributed by atoms with Gasteiger partial charge in [0, 0.05) is 50.2 Å². The van der Waals surface area contributed by atoms with E-state index in [1.165, 1.54) is 0 Å². The van der Waals surface area contributed by atoms with Crippen molar-refractivity contribution in [2.45, 2.75) is 0 Å². The van der Waals surface area contributed by atoms with Gasteiger partial charge in [0.25, 0.3) is 0 Å². The van der Waals surface area contributed by atoms with Gasteiger partial charge >= 0.3 is 28.5 Å². The van der Waals surface area contributed by atoms with Gasteiger partial charge in [0.05, 0.1) is 11.1 Å². The molecule has 0 amide bonds. The smallest absolute Gasteiger partial charge is 0.521 e. The van der Waals surface area contributed by atoms with E-state index in [1.807, 2.05) is 66.7 Å². The number of rotatable bonds is 2. The maximum atomic E-state index is 7.04. The molecule has 0 bridgehead atoms. The van der Waals surface area contributed by atoms with E-state index in [0.29, 0.717) is 34.5 Å². The molecular formula is C54H26B4O8. The number of benzene rings is 9. The molecule has 0 aliphatic carbocycles. The first-order chi connectivity index (χ1) is 32.7. The van der Waals surface area contributed by atoms with E-state index in [0.717, 1.165) is 122 Å². The van der Waals surface area contributed by atoms with Gasteiger partial charge in [0.15, 0.2) is 0 Å². The van der Waals surface area contributed by atoms with E-state index in [2.05, 4.69) is 91.0 Å². The summed E-state index contributed by atoms with van der Waals surface area (Å²) in [6.45, 7) is 0. The Bertz CT molecular complexity index is 3530. The molecule has 8 aliphatic rings. The maximum absolute atomic E-state index is 7.04. The molecule has 17 rings (SSSR count). The number of hydrogen-bond acceptors (Lipinski definition) is 8. The Morgan fingerprint density at radius 3 is 0.939 bits per heavy atom. The molecule has 0 radical (unpaired) electrons. The molecule has 9 aromatic carbocycles. The third kappa shape index (κ3) is 4.25. The topological polar surface area (TPSA) is 73.8 Å². The van der Waals surface area contributed by atoms with Gasteiger partial charge in [-0.25, -0.2) is 0 Å². The second-order valence-electron chi connectivity index (χ2n) is 17.9. The van der Waals surface area contributed by atoms with Gasteiger partial charge in [-0.1, -0.05) is 97.1 Å². The minimum absolute atomic E-state index is 0.657. The maximum Gasteiger partial charge on any atom is 0.633 e. The lowest BCUT2D eigenvalue weighted by molar-refractivity contribution is 0.416. The SMILES string of the molecule is c1ccc(-c2cc3c4c(c2)OB2Oc5cc6c(cc5-c5cc7c(c-4c52)B(Oc2ccccc2-7)O3)-c2cc3c4c5c2B(O6)Oc2cc(-c6ccccc6)cc(c2-5)OB4Oc2ccccc2-3)cc1. The van der Waals surface area contributed by atoms with Crippen LogP contribution in [0.3, 0.4) is 0 Å². The molecule has 302 valence electrons. The molecular weight excluding hydrogens is 820 g/mol. The summed E-state index contributed by atoms with van der Waals surface area (Å²) in [6, 6.07) is 54.2. The predicted molar refractivity (Wildman–Crippen MR) is 257 cm³/mol. The third-order valence-corrected chi connectivity index (χ3v) is 14.5. The van der Waals surface area contributed by atoms with Crippen LogP contribution in [0.4, 0.5) is 0 Å². The van der Waals surface area contributed by atoms with E-state index in [-0.39, 0.29) is 0 Å². The molecule has 66 heavy (non-hydrogen) atoms. The van der Waals surface area contributed by atoms with Crippen LogP contribution in [0, 0.1) is 0 Å². The van der Waals surface area contributed by atoms with E-state index in [4.69, 9.17) is 37.2 Å². The average Bonchev–Trinajstić information content (AvgIpc) is 3.36. The minimum atomic E-state index is -0.749. The summed E-state index contributed by atoms with van der Waals surface area (Å²) < 4.78 is 55.0. The first-order valence-electron chi connectivity index (χ1n) is 22.3. The predicted octanol–water partition coefficient (Wildman–Crippen LogP) is 8.94. The van der Waals surface area contributed by atoms with E-state index < -0.39 is 28.5 Å². The van der Waals surface area contributed by atoms with Crippen molar-refractivity contribution in [3.05, 3.63) is 158 Å². The molecule has 0 saturated carbocycles. The minimum Gasteiger partial charge on any atom is -0.521 e. The van der Waals surface area contributed by atoms with Crippen LogP contribution in [0.25, 0.3) is 89.0 Å². The number of hydrogen-bond donors (Lipinski definition) is 0. The van der Waals surface area contributed by atoms with Gasteiger partial charge in [0.1, 0.15) is 46.0 Å². The van der Waals surface area contributed by atoms with Gasteiger partial charge in [-0.15, -0.1) is 0 Å². The van der Waals surface area contributed by atoms with Crippen LogP contribution in [0.5, 0.6) is 46.0 Å². The Labute approximate surface area is 378 Å². The molecule has 0 aromatic heterocycles. The zero-order valence-corrected chi connectivity index (χ0v) is 34.6.